The van der Waals surface area contributed by atoms with Crippen LogP contribution in [0.25, 0.3) is 0 Å². The third kappa shape index (κ3) is 5.58. The minimum Gasteiger partial charge on any atom is -0.495 e. The maximum absolute atomic E-state index is 11.9. The molecule has 122 valence electrons. The maximum Gasteiger partial charge on any atom is 0.225 e. The predicted molar refractivity (Wildman–Crippen MR) is 94.1 cm³/mol. The van der Waals surface area contributed by atoms with Crippen LogP contribution in [0.3, 0.4) is 0 Å². The van der Waals surface area contributed by atoms with Crippen molar-refractivity contribution < 1.29 is 9.53 Å². The van der Waals surface area contributed by atoms with Gasteiger partial charge in [-0.3, -0.25) is 4.79 Å². The molecule has 0 bridgehead atoms. The van der Waals surface area contributed by atoms with Crippen molar-refractivity contribution in [3.8, 4) is 5.75 Å². The fourth-order valence-electron chi connectivity index (χ4n) is 2.22. The highest BCUT2D eigenvalue weighted by atomic mass is 35.5. The number of aryl methyl sites for hydroxylation is 1. The zero-order valence-electron chi connectivity index (χ0n) is 13.4. The second-order valence-corrected chi connectivity index (χ2v) is 5.72. The standard InChI is InChI=1S/C18H21ClN2O2/c1-13-4-3-5-14(10-13)12-20-9-8-18(22)21-15-6-7-17(23-2)16(19)11-15/h3-7,10-11,20H,8-9,12H2,1-2H3,(H,21,22). The minimum absolute atomic E-state index is 0.0528. The molecule has 2 N–H and O–H groups in total. The number of halogens is 1. The molecule has 0 unspecified atom stereocenters. The Kier molecular flexibility index (Phi) is 6.44. The Morgan fingerprint density at radius 3 is 2.74 bits per heavy atom. The number of carbonyl (C=O) groups excluding carboxylic acids is 1. The molecule has 0 saturated heterocycles. The van der Waals surface area contributed by atoms with Crippen LogP contribution >= 0.6 is 11.6 Å². The topological polar surface area (TPSA) is 50.4 Å². The molecular weight excluding hydrogens is 312 g/mol. The summed E-state index contributed by atoms with van der Waals surface area (Å²) in [5.41, 5.74) is 3.12. The summed E-state index contributed by atoms with van der Waals surface area (Å²) in [5.74, 6) is 0.535. The van der Waals surface area contributed by atoms with Gasteiger partial charge in [0.15, 0.2) is 0 Å². The molecule has 0 fully saturated rings. The van der Waals surface area contributed by atoms with Gasteiger partial charge in [-0.1, -0.05) is 41.4 Å². The number of ether oxygens (including phenoxy) is 1. The second kappa shape index (κ2) is 8.56. The molecule has 0 atom stereocenters. The maximum atomic E-state index is 11.9. The highest BCUT2D eigenvalue weighted by molar-refractivity contribution is 6.32. The normalized spacial score (nSPS) is 10.4. The molecule has 0 radical (unpaired) electrons. The fraction of sp³-hybridized carbons (Fsp3) is 0.278. The van der Waals surface area contributed by atoms with E-state index in [4.69, 9.17) is 16.3 Å². The zero-order chi connectivity index (χ0) is 16.7. The highest BCUT2D eigenvalue weighted by Crippen LogP contribution is 2.27. The molecule has 0 aromatic heterocycles. The van der Waals surface area contributed by atoms with Gasteiger partial charge in [-0.25, -0.2) is 0 Å². The highest BCUT2D eigenvalue weighted by Gasteiger charge is 2.05. The smallest absolute Gasteiger partial charge is 0.225 e. The summed E-state index contributed by atoms with van der Waals surface area (Å²) in [6, 6.07) is 13.5. The average molecular weight is 333 g/mol. The monoisotopic (exact) mass is 332 g/mol. The van der Waals surface area contributed by atoms with E-state index >= 15 is 0 Å². The van der Waals surface area contributed by atoms with Crippen molar-refractivity contribution in [2.24, 2.45) is 0 Å². The van der Waals surface area contributed by atoms with Gasteiger partial charge in [-0.2, -0.15) is 0 Å². The molecule has 5 heteroatoms. The lowest BCUT2D eigenvalue weighted by atomic mass is 10.1. The van der Waals surface area contributed by atoms with Gasteiger partial charge in [0.25, 0.3) is 0 Å². The molecule has 2 aromatic rings. The molecule has 0 saturated carbocycles. The van der Waals surface area contributed by atoms with Gasteiger partial charge in [0.05, 0.1) is 12.1 Å². The van der Waals surface area contributed by atoms with Crippen molar-refractivity contribution in [3.63, 3.8) is 0 Å². The van der Waals surface area contributed by atoms with E-state index in [0.29, 0.717) is 29.4 Å². The van der Waals surface area contributed by atoms with E-state index in [2.05, 4.69) is 35.8 Å². The van der Waals surface area contributed by atoms with Crippen molar-refractivity contribution in [1.29, 1.82) is 0 Å². The van der Waals surface area contributed by atoms with Crippen LogP contribution in [0, 0.1) is 6.92 Å². The van der Waals surface area contributed by atoms with Gasteiger partial charge in [0, 0.05) is 25.2 Å². The van der Waals surface area contributed by atoms with Crippen LogP contribution < -0.4 is 15.4 Å². The number of anilines is 1. The van der Waals surface area contributed by atoms with E-state index in [-0.39, 0.29) is 5.91 Å². The van der Waals surface area contributed by atoms with Crippen LogP contribution in [0.5, 0.6) is 5.75 Å². The minimum atomic E-state index is -0.0528. The van der Waals surface area contributed by atoms with Crippen molar-refractivity contribution >= 4 is 23.2 Å². The zero-order valence-corrected chi connectivity index (χ0v) is 14.1. The first-order valence-electron chi connectivity index (χ1n) is 7.48. The summed E-state index contributed by atoms with van der Waals surface area (Å²) in [6.07, 6.45) is 0.398. The average Bonchev–Trinajstić information content (AvgIpc) is 2.52. The SMILES string of the molecule is COc1ccc(NC(=O)CCNCc2cccc(C)c2)cc1Cl. The summed E-state index contributed by atoms with van der Waals surface area (Å²) >= 11 is 6.03. The van der Waals surface area contributed by atoms with E-state index in [0.717, 1.165) is 6.54 Å². The molecule has 0 aliphatic rings. The molecular formula is C18H21ClN2O2. The first-order chi connectivity index (χ1) is 11.1. The van der Waals surface area contributed by atoms with E-state index < -0.39 is 0 Å². The molecule has 2 aromatic carbocycles. The first kappa shape index (κ1) is 17.3. The van der Waals surface area contributed by atoms with Gasteiger partial charge in [-0.15, -0.1) is 0 Å². The molecule has 0 aliphatic heterocycles. The number of benzene rings is 2. The van der Waals surface area contributed by atoms with Crippen LogP contribution in [0.1, 0.15) is 17.5 Å². The number of carbonyl (C=O) groups is 1. The van der Waals surface area contributed by atoms with E-state index in [1.165, 1.54) is 11.1 Å². The third-order valence-electron chi connectivity index (χ3n) is 3.38. The number of hydrogen-bond acceptors (Lipinski definition) is 3. The van der Waals surface area contributed by atoms with E-state index in [1.807, 2.05) is 6.07 Å². The van der Waals surface area contributed by atoms with Crippen molar-refractivity contribution in [2.75, 3.05) is 19.0 Å². The molecule has 1 amide bonds. The van der Waals surface area contributed by atoms with Crippen molar-refractivity contribution in [3.05, 3.63) is 58.6 Å². The fourth-order valence-corrected chi connectivity index (χ4v) is 2.48. The molecule has 23 heavy (non-hydrogen) atoms. The Bertz CT molecular complexity index is 674. The Morgan fingerprint density at radius 1 is 1.22 bits per heavy atom. The van der Waals surface area contributed by atoms with Gasteiger partial charge in [-0.05, 0) is 30.7 Å². The molecule has 0 heterocycles. The number of nitrogens with one attached hydrogen (secondary N) is 2. The Labute approximate surface area is 141 Å². The lowest BCUT2D eigenvalue weighted by Crippen LogP contribution is -2.21. The number of rotatable bonds is 7. The van der Waals surface area contributed by atoms with Crippen molar-refractivity contribution in [2.45, 2.75) is 19.9 Å². The number of hydrogen-bond donors (Lipinski definition) is 2. The summed E-state index contributed by atoms with van der Waals surface area (Å²) in [4.78, 5) is 11.9. The quantitative estimate of drug-likeness (QED) is 0.759. The van der Waals surface area contributed by atoms with Crippen LogP contribution in [0.4, 0.5) is 5.69 Å². The Hall–Kier alpha value is -2.04. The van der Waals surface area contributed by atoms with E-state index in [1.54, 1.807) is 25.3 Å². The van der Waals surface area contributed by atoms with Crippen LogP contribution in [-0.4, -0.2) is 19.6 Å². The van der Waals surface area contributed by atoms with Gasteiger partial charge in [0.1, 0.15) is 5.75 Å². The van der Waals surface area contributed by atoms with Gasteiger partial charge >= 0.3 is 0 Å². The molecule has 2 rings (SSSR count). The number of methoxy groups -OCH3 is 1. The summed E-state index contributed by atoms with van der Waals surface area (Å²) < 4.78 is 5.08. The Balaban J connectivity index is 1.74. The van der Waals surface area contributed by atoms with Crippen LogP contribution in [-0.2, 0) is 11.3 Å². The van der Waals surface area contributed by atoms with Crippen LogP contribution in [0.2, 0.25) is 5.02 Å². The molecule has 4 nitrogen and oxygen atoms in total. The Morgan fingerprint density at radius 2 is 2.04 bits per heavy atom. The van der Waals surface area contributed by atoms with E-state index in [9.17, 15) is 4.79 Å². The summed E-state index contributed by atoms with van der Waals surface area (Å²) in [5, 5.41) is 6.57. The van der Waals surface area contributed by atoms with Gasteiger partial charge in [0.2, 0.25) is 5.91 Å². The number of amides is 1. The molecule has 0 aliphatic carbocycles. The predicted octanol–water partition coefficient (Wildman–Crippen LogP) is 3.78. The summed E-state index contributed by atoms with van der Waals surface area (Å²) in [7, 11) is 1.55. The molecule has 0 spiro atoms. The second-order valence-electron chi connectivity index (χ2n) is 5.31. The lowest BCUT2D eigenvalue weighted by Gasteiger charge is -2.09. The summed E-state index contributed by atoms with van der Waals surface area (Å²) in [6.45, 7) is 3.43. The largest absolute Gasteiger partial charge is 0.495 e. The lowest BCUT2D eigenvalue weighted by molar-refractivity contribution is -0.116. The van der Waals surface area contributed by atoms with Crippen molar-refractivity contribution in [1.82, 2.24) is 5.32 Å². The van der Waals surface area contributed by atoms with Crippen LogP contribution in [0.15, 0.2) is 42.5 Å². The first-order valence-corrected chi connectivity index (χ1v) is 7.86. The van der Waals surface area contributed by atoms with Gasteiger partial charge < -0.3 is 15.4 Å². The third-order valence-corrected chi connectivity index (χ3v) is 3.67.